The Morgan fingerprint density at radius 3 is 2.42 bits per heavy atom. The molecule has 0 aliphatic heterocycles. The predicted octanol–water partition coefficient (Wildman–Crippen LogP) is 2.12. The first-order chi connectivity index (χ1) is 9.03. The van der Waals surface area contributed by atoms with Crippen LogP contribution in [0.1, 0.15) is 51.9 Å². The summed E-state index contributed by atoms with van der Waals surface area (Å²) in [6, 6.07) is -0.330. The number of hydrogen-bond donors (Lipinski definition) is 3. The van der Waals surface area contributed by atoms with E-state index in [0.29, 0.717) is 31.2 Å². The van der Waals surface area contributed by atoms with Crippen LogP contribution in [0.3, 0.4) is 0 Å². The van der Waals surface area contributed by atoms with E-state index < -0.39 is 11.5 Å². The zero-order chi connectivity index (χ0) is 13.9. The number of carbonyl (C=O) groups excluding carboxylic acids is 1. The number of nitrogens with one attached hydrogen (secondary N) is 2. The molecule has 0 aromatic heterocycles. The smallest absolute Gasteiger partial charge is 0.329 e. The largest absolute Gasteiger partial charge is 0.480 e. The van der Waals surface area contributed by atoms with E-state index in [2.05, 4.69) is 17.6 Å². The fourth-order valence-corrected chi connectivity index (χ4v) is 3.38. The lowest BCUT2D eigenvalue weighted by Crippen LogP contribution is -2.56. The molecule has 2 saturated carbocycles. The van der Waals surface area contributed by atoms with Crippen molar-refractivity contribution in [2.75, 3.05) is 6.54 Å². The Morgan fingerprint density at radius 1 is 1.21 bits per heavy atom. The number of aliphatic carboxylic acids is 1. The van der Waals surface area contributed by atoms with Gasteiger partial charge in [-0.2, -0.15) is 0 Å². The van der Waals surface area contributed by atoms with Crippen LogP contribution in [0.5, 0.6) is 0 Å². The maximum Gasteiger partial charge on any atom is 0.329 e. The molecule has 2 aliphatic rings. The lowest BCUT2D eigenvalue weighted by atomic mass is 9.97. The van der Waals surface area contributed by atoms with Gasteiger partial charge in [-0.15, -0.1) is 0 Å². The Kier molecular flexibility index (Phi) is 4.32. The highest BCUT2D eigenvalue weighted by Crippen LogP contribution is 2.31. The molecule has 0 heterocycles. The molecule has 5 nitrogen and oxygen atoms in total. The molecule has 0 saturated heterocycles. The molecule has 5 heteroatoms. The maximum atomic E-state index is 11.9. The minimum absolute atomic E-state index is 0.330. The predicted molar refractivity (Wildman–Crippen MR) is 71.9 cm³/mol. The number of hydrogen-bond acceptors (Lipinski definition) is 2. The fraction of sp³-hybridized carbons (Fsp3) is 0.857. The summed E-state index contributed by atoms with van der Waals surface area (Å²) in [6.07, 6.45) is 6.43. The van der Waals surface area contributed by atoms with Crippen molar-refractivity contribution in [3.05, 3.63) is 0 Å². The lowest BCUT2D eigenvalue weighted by molar-refractivity contribution is -0.144. The second kappa shape index (κ2) is 5.80. The first-order valence-corrected chi connectivity index (χ1v) is 7.33. The Labute approximate surface area is 114 Å². The summed E-state index contributed by atoms with van der Waals surface area (Å²) in [7, 11) is 0. The number of rotatable bonds is 4. The minimum atomic E-state index is -1.04. The highest BCUT2D eigenvalue weighted by Gasteiger charge is 2.42. The summed E-state index contributed by atoms with van der Waals surface area (Å²) in [5.41, 5.74) is -1.04. The zero-order valence-electron chi connectivity index (χ0n) is 11.6. The van der Waals surface area contributed by atoms with E-state index in [0.717, 1.165) is 19.3 Å². The van der Waals surface area contributed by atoms with Gasteiger partial charge in [-0.1, -0.05) is 32.6 Å². The number of carboxylic acids is 1. The molecule has 108 valence electrons. The van der Waals surface area contributed by atoms with Crippen LogP contribution in [0, 0.1) is 11.8 Å². The third-order valence-corrected chi connectivity index (χ3v) is 4.78. The molecule has 0 radical (unpaired) electrons. The van der Waals surface area contributed by atoms with Gasteiger partial charge in [0.1, 0.15) is 5.54 Å². The summed E-state index contributed by atoms with van der Waals surface area (Å²) in [6.45, 7) is 2.87. The molecular weight excluding hydrogens is 244 g/mol. The molecule has 2 rings (SSSR count). The van der Waals surface area contributed by atoms with Crippen molar-refractivity contribution in [3.8, 4) is 0 Å². The molecule has 0 spiro atoms. The van der Waals surface area contributed by atoms with Crippen LogP contribution in [-0.2, 0) is 4.79 Å². The Balaban J connectivity index is 1.81. The van der Waals surface area contributed by atoms with Gasteiger partial charge in [-0.3, -0.25) is 0 Å². The average Bonchev–Trinajstić information content (AvgIpc) is 2.97. The molecule has 19 heavy (non-hydrogen) atoms. The van der Waals surface area contributed by atoms with Gasteiger partial charge in [0.2, 0.25) is 0 Å². The average molecular weight is 268 g/mol. The van der Waals surface area contributed by atoms with Gasteiger partial charge >= 0.3 is 12.0 Å². The van der Waals surface area contributed by atoms with Gasteiger partial charge in [0.05, 0.1) is 0 Å². The molecule has 2 fully saturated rings. The topological polar surface area (TPSA) is 78.4 Å². The number of carbonyl (C=O) groups is 2. The molecule has 2 unspecified atom stereocenters. The normalized spacial score (nSPS) is 29.1. The Hall–Kier alpha value is -1.26. The van der Waals surface area contributed by atoms with E-state index in [4.69, 9.17) is 0 Å². The van der Waals surface area contributed by atoms with Crippen molar-refractivity contribution in [2.24, 2.45) is 11.8 Å². The van der Waals surface area contributed by atoms with Gasteiger partial charge in [0.15, 0.2) is 0 Å². The number of urea groups is 1. The Bertz CT molecular complexity index is 351. The lowest BCUT2D eigenvalue weighted by Gasteiger charge is -2.26. The quantitative estimate of drug-likeness (QED) is 0.730. The molecule has 2 aliphatic carbocycles. The van der Waals surface area contributed by atoms with Gasteiger partial charge < -0.3 is 15.7 Å². The molecular formula is C14H24N2O3. The molecule has 0 aromatic carbocycles. The first kappa shape index (κ1) is 14.2. The van der Waals surface area contributed by atoms with Gasteiger partial charge in [0.25, 0.3) is 0 Å². The van der Waals surface area contributed by atoms with Gasteiger partial charge in [0, 0.05) is 6.54 Å². The number of amides is 2. The molecule has 2 amide bonds. The Morgan fingerprint density at radius 2 is 1.89 bits per heavy atom. The monoisotopic (exact) mass is 268 g/mol. The van der Waals surface area contributed by atoms with Crippen molar-refractivity contribution < 1.29 is 14.7 Å². The van der Waals surface area contributed by atoms with Crippen LogP contribution in [0.15, 0.2) is 0 Å². The van der Waals surface area contributed by atoms with Crippen LogP contribution >= 0.6 is 0 Å². The fourth-order valence-electron chi connectivity index (χ4n) is 3.38. The van der Waals surface area contributed by atoms with E-state index in [-0.39, 0.29) is 6.03 Å². The highest BCUT2D eigenvalue weighted by atomic mass is 16.4. The molecule has 2 atom stereocenters. The van der Waals surface area contributed by atoms with E-state index in [1.165, 1.54) is 12.8 Å². The second-order valence-electron chi connectivity index (χ2n) is 6.10. The van der Waals surface area contributed by atoms with Crippen molar-refractivity contribution in [3.63, 3.8) is 0 Å². The summed E-state index contributed by atoms with van der Waals surface area (Å²) in [5.74, 6) is 0.282. The van der Waals surface area contributed by atoms with E-state index in [1.54, 1.807) is 0 Å². The van der Waals surface area contributed by atoms with Crippen LogP contribution in [-0.4, -0.2) is 29.2 Å². The zero-order valence-corrected chi connectivity index (χ0v) is 11.6. The van der Waals surface area contributed by atoms with Crippen molar-refractivity contribution >= 4 is 12.0 Å². The van der Waals surface area contributed by atoms with Gasteiger partial charge in [-0.25, -0.2) is 9.59 Å². The first-order valence-electron chi connectivity index (χ1n) is 7.33. The molecule has 0 aromatic rings. The van der Waals surface area contributed by atoms with E-state index in [9.17, 15) is 14.7 Å². The maximum absolute atomic E-state index is 11.9. The third kappa shape index (κ3) is 3.19. The van der Waals surface area contributed by atoms with Crippen LogP contribution in [0.4, 0.5) is 4.79 Å². The van der Waals surface area contributed by atoms with Gasteiger partial charge in [-0.05, 0) is 31.1 Å². The van der Waals surface area contributed by atoms with E-state index in [1.807, 2.05) is 0 Å². The van der Waals surface area contributed by atoms with Crippen molar-refractivity contribution in [2.45, 2.75) is 57.4 Å². The summed E-state index contributed by atoms with van der Waals surface area (Å²) in [4.78, 5) is 23.2. The number of carboxylic acid groups (broad SMARTS) is 1. The van der Waals surface area contributed by atoms with E-state index >= 15 is 0 Å². The molecule has 0 bridgehead atoms. The molecule has 3 N–H and O–H groups in total. The highest BCUT2D eigenvalue weighted by molar-refractivity contribution is 5.86. The summed E-state index contributed by atoms with van der Waals surface area (Å²) >= 11 is 0. The SMILES string of the molecule is CC1CCCC1CNC(=O)NC1(C(=O)O)CCCC1. The summed E-state index contributed by atoms with van der Waals surface area (Å²) < 4.78 is 0. The minimum Gasteiger partial charge on any atom is -0.480 e. The van der Waals surface area contributed by atoms with Crippen molar-refractivity contribution in [1.82, 2.24) is 10.6 Å². The summed E-state index contributed by atoms with van der Waals surface area (Å²) in [5, 5.41) is 14.8. The standard InChI is InChI=1S/C14H24N2O3/c1-10-5-4-6-11(10)9-15-13(19)16-14(12(17)18)7-2-3-8-14/h10-11H,2-9H2,1H3,(H,17,18)(H2,15,16,19). The second-order valence-corrected chi connectivity index (χ2v) is 6.10. The van der Waals surface area contributed by atoms with Crippen molar-refractivity contribution in [1.29, 1.82) is 0 Å². The third-order valence-electron chi connectivity index (χ3n) is 4.78. The van der Waals surface area contributed by atoms with Crippen LogP contribution in [0.2, 0.25) is 0 Å². The van der Waals surface area contributed by atoms with Crippen LogP contribution < -0.4 is 10.6 Å². The van der Waals surface area contributed by atoms with Crippen LogP contribution in [0.25, 0.3) is 0 Å².